The lowest BCUT2D eigenvalue weighted by Gasteiger charge is -2.21. The summed E-state index contributed by atoms with van der Waals surface area (Å²) >= 11 is 0. The molecular weight excluding hydrogens is 324 g/mol. The fourth-order valence-corrected chi connectivity index (χ4v) is 2.11. The zero-order valence-electron chi connectivity index (χ0n) is 14.5. The van der Waals surface area contributed by atoms with Crippen molar-refractivity contribution in [1.29, 1.82) is 0 Å². The van der Waals surface area contributed by atoms with E-state index >= 15 is 0 Å². The Balaban J connectivity index is 0.00000288. The first-order chi connectivity index (χ1) is 10.7. The fourth-order valence-electron chi connectivity index (χ4n) is 2.11. The van der Waals surface area contributed by atoms with Gasteiger partial charge in [-0.15, -0.1) is 12.4 Å². The van der Waals surface area contributed by atoms with Crippen LogP contribution in [0.2, 0.25) is 0 Å². The molecule has 0 radical (unpaired) electrons. The molecule has 2 aromatic rings. The third kappa shape index (κ3) is 5.87. The van der Waals surface area contributed by atoms with E-state index in [-0.39, 0.29) is 23.9 Å². The highest BCUT2D eigenvalue weighted by Gasteiger charge is 2.16. The first-order valence-electron chi connectivity index (χ1n) is 7.67. The zero-order chi connectivity index (χ0) is 17.0. The van der Waals surface area contributed by atoms with Gasteiger partial charge in [-0.25, -0.2) is 0 Å². The van der Waals surface area contributed by atoms with Crippen molar-refractivity contribution in [2.75, 3.05) is 5.32 Å². The highest BCUT2D eigenvalue weighted by atomic mass is 35.5. The van der Waals surface area contributed by atoms with Gasteiger partial charge >= 0.3 is 0 Å². The highest BCUT2D eigenvalue weighted by molar-refractivity contribution is 5.95. The Labute approximate surface area is 149 Å². The van der Waals surface area contributed by atoms with Crippen LogP contribution in [0.1, 0.15) is 37.9 Å². The number of carbonyl (C=O) groups is 1. The third-order valence-corrected chi connectivity index (χ3v) is 3.26. The Morgan fingerprint density at radius 1 is 1.04 bits per heavy atom. The number of halogens is 1. The van der Waals surface area contributed by atoms with Crippen LogP contribution in [-0.4, -0.2) is 11.5 Å². The lowest BCUT2D eigenvalue weighted by molar-refractivity contribution is -0.117. The van der Waals surface area contributed by atoms with Gasteiger partial charge in [0.2, 0.25) is 5.91 Å². The molecule has 1 unspecified atom stereocenters. The van der Waals surface area contributed by atoms with Crippen LogP contribution >= 0.6 is 12.4 Å². The molecule has 0 aliphatic rings. The smallest absolute Gasteiger partial charge is 0.245 e. The molecule has 0 aliphatic carbocycles. The lowest BCUT2D eigenvalue weighted by atomic mass is 10.1. The van der Waals surface area contributed by atoms with Gasteiger partial charge in [0.25, 0.3) is 0 Å². The molecule has 0 saturated heterocycles. The molecule has 1 atom stereocenters. The summed E-state index contributed by atoms with van der Waals surface area (Å²) in [6.07, 6.45) is 0. The second-order valence-corrected chi connectivity index (χ2v) is 6.62. The SMILES string of the molecule is Cc1ccc(C(N)C(=O)Nc2ccc(OC(C)(C)C)cc2)cc1.Cl. The Morgan fingerprint density at radius 3 is 2.08 bits per heavy atom. The van der Waals surface area contributed by atoms with Crippen molar-refractivity contribution < 1.29 is 9.53 Å². The summed E-state index contributed by atoms with van der Waals surface area (Å²) in [5.74, 6) is 0.525. The number of ether oxygens (including phenoxy) is 1. The molecule has 24 heavy (non-hydrogen) atoms. The summed E-state index contributed by atoms with van der Waals surface area (Å²) < 4.78 is 5.75. The fraction of sp³-hybridized carbons (Fsp3) is 0.316. The molecule has 0 heterocycles. The van der Waals surface area contributed by atoms with Crippen molar-refractivity contribution in [3.05, 3.63) is 59.7 Å². The normalized spacial score (nSPS) is 12.0. The molecule has 4 nitrogen and oxygen atoms in total. The molecule has 130 valence electrons. The molecule has 2 rings (SSSR count). The number of hydrogen-bond acceptors (Lipinski definition) is 3. The van der Waals surface area contributed by atoms with Crippen molar-refractivity contribution in [2.45, 2.75) is 39.3 Å². The summed E-state index contributed by atoms with van der Waals surface area (Å²) in [4.78, 5) is 12.2. The minimum atomic E-state index is -0.693. The van der Waals surface area contributed by atoms with E-state index in [0.717, 1.165) is 16.9 Å². The molecule has 0 spiro atoms. The van der Waals surface area contributed by atoms with Crippen molar-refractivity contribution >= 4 is 24.0 Å². The molecule has 5 heteroatoms. The van der Waals surface area contributed by atoms with Gasteiger partial charge < -0.3 is 15.8 Å². The van der Waals surface area contributed by atoms with Crippen molar-refractivity contribution in [1.82, 2.24) is 0 Å². The number of carbonyl (C=O) groups excluding carboxylic acids is 1. The maximum Gasteiger partial charge on any atom is 0.245 e. The van der Waals surface area contributed by atoms with E-state index < -0.39 is 6.04 Å². The van der Waals surface area contributed by atoms with E-state index in [9.17, 15) is 4.79 Å². The molecule has 0 aliphatic heterocycles. The number of aryl methyl sites for hydroxylation is 1. The topological polar surface area (TPSA) is 64.4 Å². The van der Waals surface area contributed by atoms with E-state index in [1.165, 1.54) is 0 Å². The summed E-state index contributed by atoms with van der Waals surface area (Å²) in [6, 6.07) is 14.2. The first kappa shape index (κ1) is 20.0. The van der Waals surface area contributed by atoms with Gasteiger partial charge in [0.05, 0.1) is 0 Å². The van der Waals surface area contributed by atoms with Crippen molar-refractivity contribution in [3.8, 4) is 5.75 Å². The van der Waals surface area contributed by atoms with Gasteiger partial charge in [0, 0.05) is 5.69 Å². The van der Waals surface area contributed by atoms with Crippen molar-refractivity contribution in [3.63, 3.8) is 0 Å². The molecule has 1 amide bonds. The lowest BCUT2D eigenvalue weighted by Crippen LogP contribution is -2.27. The predicted octanol–water partition coefficient (Wildman–Crippen LogP) is 4.23. The maximum atomic E-state index is 12.2. The molecule has 0 fully saturated rings. The Morgan fingerprint density at radius 2 is 1.58 bits per heavy atom. The molecule has 0 saturated carbocycles. The van der Waals surface area contributed by atoms with Crippen LogP contribution < -0.4 is 15.8 Å². The van der Waals surface area contributed by atoms with Gasteiger partial charge in [0.1, 0.15) is 17.4 Å². The van der Waals surface area contributed by atoms with Crippen LogP contribution in [0, 0.1) is 6.92 Å². The van der Waals surface area contributed by atoms with Crippen LogP contribution in [0.25, 0.3) is 0 Å². The number of hydrogen-bond donors (Lipinski definition) is 2. The van der Waals surface area contributed by atoms with Gasteiger partial charge in [0.15, 0.2) is 0 Å². The summed E-state index contributed by atoms with van der Waals surface area (Å²) in [5, 5.41) is 2.83. The number of benzene rings is 2. The Kier molecular flexibility index (Phi) is 6.81. The number of nitrogens with one attached hydrogen (secondary N) is 1. The Hall–Kier alpha value is -2.04. The number of rotatable bonds is 4. The van der Waals surface area contributed by atoms with Crippen LogP contribution in [0.15, 0.2) is 48.5 Å². The van der Waals surface area contributed by atoms with E-state index in [1.54, 1.807) is 12.1 Å². The van der Waals surface area contributed by atoms with E-state index in [0.29, 0.717) is 5.69 Å². The number of nitrogens with two attached hydrogens (primary N) is 1. The average Bonchev–Trinajstić information content (AvgIpc) is 2.48. The van der Waals surface area contributed by atoms with Crippen molar-refractivity contribution in [2.24, 2.45) is 5.73 Å². The zero-order valence-corrected chi connectivity index (χ0v) is 15.3. The number of anilines is 1. The molecule has 2 aromatic carbocycles. The van der Waals surface area contributed by atoms with Crippen LogP contribution in [0.3, 0.4) is 0 Å². The van der Waals surface area contributed by atoms with E-state index in [1.807, 2.05) is 64.1 Å². The summed E-state index contributed by atoms with van der Waals surface area (Å²) in [6.45, 7) is 7.96. The van der Waals surface area contributed by atoms with Gasteiger partial charge in [-0.2, -0.15) is 0 Å². The quantitative estimate of drug-likeness (QED) is 0.868. The average molecular weight is 349 g/mol. The first-order valence-corrected chi connectivity index (χ1v) is 7.67. The molecular formula is C19H25ClN2O2. The molecule has 0 bridgehead atoms. The Bertz CT molecular complexity index is 661. The third-order valence-electron chi connectivity index (χ3n) is 3.26. The van der Waals surface area contributed by atoms with Crippen LogP contribution in [0.5, 0.6) is 5.75 Å². The van der Waals surface area contributed by atoms with E-state index in [4.69, 9.17) is 10.5 Å². The van der Waals surface area contributed by atoms with Crippen LogP contribution in [0.4, 0.5) is 5.69 Å². The second-order valence-electron chi connectivity index (χ2n) is 6.62. The second kappa shape index (κ2) is 8.18. The minimum absolute atomic E-state index is 0. The summed E-state index contributed by atoms with van der Waals surface area (Å²) in [5.41, 5.74) is 8.38. The monoisotopic (exact) mass is 348 g/mol. The van der Waals surface area contributed by atoms with Gasteiger partial charge in [-0.05, 0) is 57.5 Å². The van der Waals surface area contributed by atoms with Gasteiger partial charge in [-0.1, -0.05) is 29.8 Å². The standard InChI is InChI=1S/C19H24N2O2.ClH/c1-13-5-7-14(8-6-13)17(20)18(22)21-15-9-11-16(12-10-15)23-19(2,3)4;/h5-12,17H,20H2,1-4H3,(H,21,22);1H. The van der Waals surface area contributed by atoms with Crippen LogP contribution in [-0.2, 0) is 4.79 Å². The maximum absolute atomic E-state index is 12.2. The minimum Gasteiger partial charge on any atom is -0.488 e. The summed E-state index contributed by atoms with van der Waals surface area (Å²) in [7, 11) is 0. The number of amides is 1. The largest absolute Gasteiger partial charge is 0.488 e. The molecule has 0 aromatic heterocycles. The highest BCUT2D eigenvalue weighted by Crippen LogP contribution is 2.21. The molecule has 3 N–H and O–H groups in total. The predicted molar refractivity (Wildman–Crippen MR) is 101 cm³/mol. The van der Waals surface area contributed by atoms with E-state index in [2.05, 4.69) is 5.32 Å². The van der Waals surface area contributed by atoms with Gasteiger partial charge in [-0.3, -0.25) is 4.79 Å².